The van der Waals surface area contributed by atoms with Crippen molar-refractivity contribution >= 4 is 43.5 Å². The second kappa shape index (κ2) is 11.9. The Labute approximate surface area is 230 Å². The standard InChI is InChI=1S/C27H28BrN3O6S/c1-19(27(33)29-2)30(17-20-8-10-21(28)11-9-20)26(32)18-31(38(34,35)23-6-4-3-5-7-23)22-12-13-24-25(16-22)37-15-14-36-24/h3-13,16,19H,14-15,17-18H2,1-2H3,(H,29,33)/t19-/m1/s1. The normalized spacial score (nSPS) is 13.3. The van der Waals surface area contributed by atoms with Gasteiger partial charge in [-0.2, -0.15) is 0 Å². The van der Waals surface area contributed by atoms with Gasteiger partial charge >= 0.3 is 0 Å². The lowest BCUT2D eigenvalue weighted by Gasteiger charge is -2.32. The lowest BCUT2D eigenvalue weighted by Crippen LogP contribution is -2.50. The molecule has 0 bridgehead atoms. The van der Waals surface area contributed by atoms with Gasteiger partial charge in [0, 0.05) is 24.1 Å². The lowest BCUT2D eigenvalue weighted by molar-refractivity contribution is -0.139. The van der Waals surface area contributed by atoms with E-state index in [1.165, 1.54) is 24.1 Å². The van der Waals surface area contributed by atoms with E-state index in [4.69, 9.17) is 9.47 Å². The van der Waals surface area contributed by atoms with E-state index in [1.54, 1.807) is 43.3 Å². The van der Waals surface area contributed by atoms with Crippen molar-refractivity contribution in [2.24, 2.45) is 0 Å². The fraction of sp³-hybridized carbons (Fsp3) is 0.259. The number of ether oxygens (including phenoxy) is 2. The molecule has 1 aliphatic heterocycles. The third-order valence-corrected chi connectivity index (χ3v) is 8.42. The third-order valence-electron chi connectivity index (χ3n) is 6.10. The van der Waals surface area contributed by atoms with Crippen LogP contribution >= 0.6 is 15.9 Å². The van der Waals surface area contributed by atoms with Crippen molar-refractivity contribution in [1.82, 2.24) is 10.2 Å². The number of hydrogen-bond donors (Lipinski definition) is 1. The van der Waals surface area contributed by atoms with Crippen LogP contribution < -0.4 is 19.1 Å². The number of hydrogen-bond acceptors (Lipinski definition) is 6. The second-order valence-electron chi connectivity index (χ2n) is 8.59. The lowest BCUT2D eigenvalue weighted by atomic mass is 10.1. The highest BCUT2D eigenvalue weighted by molar-refractivity contribution is 9.10. The van der Waals surface area contributed by atoms with Gasteiger partial charge in [0.1, 0.15) is 25.8 Å². The van der Waals surface area contributed by atoms with Crippen LogP contribution in [0.5, 0.6) is 11.5 Å². The molecule has 0 saturated carbocycles. The van der Waals surface area contributed by atoms with Crippen molar-refractivity contribution in [2.75, 3.05) is 31.1 Å². The molecule has 38 heavy (non-hydrogen) atoms. The summed E-state index contributed by atoms with van der Waals surface area (Å²) in [5.74, 6) is -0.0286. The zero-order chi connectivity index (χ0) is 27.3. The van der Waals surface area contributed by atoms with E-state index in [0.29, 0.717) is 24.7 Å². The minimum Gasteiger partial charge on any atom is -0.486 e. The van der Waals surface area contributed by atoms with Gasteiger partial charge < -0.3 is 19.7 Å². The highest BCUT2D eigenvalue weighted by atomic mass is 79.9. The molecule has 3 aromatic rings. The molecular weight excluding hydrogens is 574 g/mol. The number of benzene rings is 3. The average molecular weight is 603 g/mol. The maximum atomic E-state index is 13.8. The van der Waals surface area contributed by atoms with Crippen molar-refractivity contribution < 1.29 is 27.5 Å². The molecule has 0 aromatic heterocycles. The van der Waals surface area contributed by atoms with Gasteiger partial charge in [-0.15, -0.1) is 0 Å². The van der Waals surface area contributed by atoms with Crippen LogP contribution in [0.25, 0.3) is 0 Å². The SMILES string of the molecule is CNC(=O)[C@@H](C)N(Cc1ccc(Br)cc1)C(=O)CN(c1ccc2c(c1)OCCO2)S(=O)(=O)c1ccccc1. The number of fused-ring (bicyclic) bond motifs is 1. The maximum Gasteiger partial charge on any atom is 0.264 e. The Kier molecular flexibility index (Phi) is 8.58. The third kappa shape index (κ3) is 6.11. The van der Waals surface area contributed by atoms with Crippen LogP contribution in [0.1, 0.15) is 12.5 Å². The number of anilines is 1. The first-order valence-corrected chi connectivity index (χ1v) is 14.2. The largest absolute Gasteiger partial charge is 0.486 e. The van der Waals surface area contributed by atoms with E-state index in [1.807, 2.05) is 24.3 Å². The van der Waals surface area contributed by atoms with E-state index < -0.39 is 28.5 Å². The van der Waals surface area contributed by atoms with Gasteiger partial charge in [0.2, 0.25) is 11.8 Å². The highest BCUT2D eigenvalue weighted by Gasteiger charge is 2.33. The van der Waals surface area contributed by atoms with E-state index in [-0.39, 0.29) is 23.0 Å². The van der Waals surface area contributed by atoms with Gasteiger partial charge in [-0.3, -0.25) is 13.9 Å². The van der Waals surface area contributed by atoms with Crippen molar-refractivity contribution in [3.05, 3.63) is 82.8 Å². The number of carbonyl (C=O) groups is 2. The van der Waals surface area contributed by atoms with Crippen molar-refractivity contribution in [2.45, 2.75) is 24.4 Å². The zero-order valence-corrected chi connectivity index (χ0v) is 23.4. The fourth-order valence-corrected chi connectivity index (χ4v) is 5.71. The van der Waals surface area contributed by atoms with Gasteiger partial charge in [-0.1, -0.05) is 46.3 Å². The van der Waals surface area contributed by atoms with E-state index in [2.05, 4.69) is 21.2 Å². The van der Waals surface area contributed by atoms with Crippen molar-refractivity contribution in [3.8, 4) is 11.5 Å². The number of sulfonamides is 1. The number of nitrogens with zero attached hydrogens (tertiary/aromatic N) is 2. The average Bonchev–Trinajstić information content (AvgIpc) is 2.94. The molecule has 0 aliphatic carbocycles. The molecule has 1 atom stereocenters. The maximum absolute atomic E-state index is 13.8. The summed E-state index contributed by atoms with van der Waals surface area (Å²) in [6.45, 7) is 1.90. The molecule has 0 radical (unpaired) electrons. The number of rotatable bonds is 9. The molecule has 0 saturated heterocycles. The molecule has 11 heteroatoms. The molecule has 0 fully saturated rings. The summed E-state index contributed by atoms with van der Waals surface area (Å²) in [5.41, 5.74) is 1.02. The van der Waals surface area contributed by atoms with E-state index >= 15 is 0 Å². The Morgan fingerprint density at radius 3 is 2.29 bits per heavy atom. The minimum absolute atomic E-state index is 0.0292. The predicted molar refractivity (Wildman–Crippen MR) is 147 cm³/mol. The summed E-state index contributed by atoms with van der Waals surface area (Å²) in [4.78, 5) is 27.8. The number of halogens is 1. The highest BCUT2D eigenvalue weighted by Crippen LogP contribution is 2.36. The Morgan fingerprint density at radius 1 is 0.974 bits per heavy atom. The van der Waals surface area contributed by atoms with Crippen LogP contribution in [0.4, 0.5) is 5.69 Å². The van der Waals surface area contributed by atoms with Crippen LogP contribution in [0.3, 0.4) is 0 Å². The van der Waals surface area contributed by atoms with Crippen LogP contribution in [0.15, 0.2) is 82.2 Å². The molecule has 9 nitrogen and oxygen atoms in total. The van der Waals surface area contributed by atoms with Gasteiger partial charge in [0.25, 0.3) is 10.0 Å². The number of carbonyl (C=O) groups excluding carboxylic acids is 2. The van der Waals surface area contributed by atoms with Gasteiger partial charge in [-0.05, 0) is 48.9 Å². The Balaban J connectivity index is 1.73. The number of amides is 2. The van der Waals surface area contributed by atoms with Gasteiger partial charge in [-0.25, -0.2) is 8.42 Å². The van der Waals surface area contributed by atoms with Gasteiger partial charge in [0.15, 0.2) is 11.5 Å². The molecule has 1 heterocycles. The topological polar surface area (TPSA) is 105 Å². The molecular formula is C27H28BrN3O6S. The summed E-state index contributed by atoms with van der Waals surface area (Å²) in [6.07, 6.45) is 0. The molecule has 1 N–H and O–H groups in total. The first-order valence-electron chi connectivity index (χ1n) is 11.9. The first-order chi connectivity index (χ1) is 18.2. The quantitative estimate of drug-likeness (QED) is 0.402. The van der Waals surface area contributed by atoms with Crippen LogP contribution in [0, 0.1) is 0 Å². The number of nitrogens with one attached hydrogen (secondary N) is 1. The summed E-state index contributed by atoms with van der Waals surface area (Å²) < 4.78 is 40.8. The molecule has 1 aliphatic rings. The van der Waals surface area contributed by atoms with Gasteiger partial charge in [0.05, 0.1) is 10.6 Å². The summed E-state index contributed by atoms with van der Waals surface area (Å²) >= 11 is 3.40. The molecule has 2 amide bonds. The van der Waals surface area contributed by atoms with E-state index in [0.717, 1.165) is 14.3 Å². The molecule has 200 valence electrons. The molecule has 0 spiro atoms. The van der Waals surface area contributed by atoms with Crippen molar-refractivity contribution in [3.63, 3.8) is 0 Å². The van der Waals surface area contributed by atoms with Crippen LogP contribution in [0.2, 0.25) is 0 Å². The summed E-state index contributed by atoms with van der Waals surface area (Å²) in [7, 11) is -2.67. The Morgan fingerprint density at radius 2 is 1.63 bits per heavy atom. The minimum atomic E-state index is -4.16. The second-order valence-corrected chi connectivity index (χ2v) is 11.4. The monoisotopic (exact) mass is 601 g/mol. The van der Waals surface area contributed by atoms with Crippen molar-refractivity contribution in [1.29, 1.82) is 0 Å². The zero-order valence-electron chi connectivity index (χ0n) is 21.0. The van der Waals surface area contributed by atoms with Crippen LogP contribution in [-0.4, -0.2) is 58.0 Å². The fourth-order valence-electron chi connectivity index (χ4n) is 4.01. The Bertz CT molecular complexity index is 1400. The predicted octanol–water partition coefficient (Wildman–Crippen LogP) is 3.58. The summed E-state index contributed by atoms with van der Waals surface area (Å²) in [6, 6.07) is 19.1. The Hall–Kier alpha value is -3.57. The smallest absolute Gasteiger partial charge is 0.264 e. The molecule has 0 unspecified atom stereocenters. The van der Waals surface area contributed by atoms with Crippen LogP contribution in [-0.2, 0) is 26.2 Å². The molecule has 3 aromatic carbocycles. The summed E-state index contributed by atoms with van der Waals surface area (Å²) in [5, 5.41) is 2.57. The first kappa shape index (κ1) is 27.5. The van der Waals surface area contributed by atoms with E-state index in [9.17, 15) is 18.0 Å². The number of likely N-dealkylation sites (N-methyl/N-ethyl adjacent to an activating group) is 1. The molecule has 4 rings (SSSR count).